The number of methoxy groups -OCH3 is 1. The lowest BCUT2D eigenvalue weighted by Gasteiger charge is -2.09. The minimum atomic E-state index is -1.13. The summed E-state index contributed by atoms with van der Waals surface area (Å²) in [5.74, 6) is -3.47. The fourth-order valence-electron chi connectivity index (χ4n) is 3.02. The molecule has 0 spiro atoms. The summed E-state index contributed by atoms with van der Waals surface area (Å²) >= 11 is 0. The van der Waals surface area contributed by atoms with E-state index in [1.807, 2.05) is 0 Å². The van der Waals surface area contributed by atoms with Gasteiger partial charge in [-0.1, -0.05) is 12.1 Å². The molecule has 7 heteroatoms. The van der Waals surface area contributed by atoms with Crippen molar-refractivity contribution in [2.45, 2.75) is 18.9 Å². The van der Waals surface area contributed by atoms with E-state index in [4.69, 9.17) is 4.74 Å². The highest BCUT2D eigenvalue weighted by Crippen LogP contribution is 2.49. The fourth-order valence-corrected chi connectivity index (χ4v) is 3.02. The minimum Gasteiger partial charge on any atom is -0.496 e. The molecule has 1 saturated carbocycles. The predicted molar refractivity (Wildman–Crippen MR) is 89.0 cm³/mol. The van der Waals surface area contributed by atoms with Crippen LogP contribution in [0.5, 0.6) is 5.75 Å². The SMILES string of the molecule is COc1ccc(CNC(=O)[C@H]2C[C@@H]2c2c(F)cccc2F)cc1C(=O)O. The van der Waals surface area contributed by atoms with Gasteiger partial charge >= 0.3 is 5.97 Å². The molecule has 3 rings (SSSR count). The van der Waals surface area contributed by atoms with Gasteiger partial charge in [0.25, 0.3) is 0 Å². The normalized spacial score (nSPS) is 18.3. The highest BCUT2D eigenvalue weighted by atomic mass is 19.1. The second-order valence-corrected chi connectivity index (χ2v) is 6.14. The first-order valence-electron chi connectivity index (χ1n) is 8.04. The summed E-state index contributed by atoms with van der Waals surface area (Å²) in [5, 5.41) is 11.9. The molecule has 2 atom stereocenters. The quantitative estimate of drug-likeness (QED) is 0.829. The Kier molecular flexibility index (Phi) is 4.88. The number of benzene rings is 2. The molecule has 0 heterocycles. The summed E-state index contributed by atoms with van der Waals surface area (Å²) in [7, 11) is 1.37. The second kappa shape index (κ2) is 7.11. The average molecular weight is 361 g/mol. The Hall–Kier alpha value is -2.96. The monoisotopic (exact) mass is 361 g/mol. The number of amides is 1. The maximum atomic E-state index is 13.8. The zero-order valence-electron chi connectivity index (χ0n) is 14.0. The predicted octanol–water partition coefficient (Wildman–Crippen LogP) is 3.09. The van der Waals surface area contributed by atoms with Crippen molar-refractivity contribution in [1.82, 2.24) is 5.32 Å². The third kappa shape index (κ3) is 3.51. The van der Waals surface area contributed by atoms with Crippen LogP contribution in [0.2, 0.25) is 0 Å². The van der Waals surface area contributed by atoms with Crippen LogP contribution < -0.4 is 10.1 Å². The Morgan fingerprint density at radius 1 is 1.23 bits per heavy atom. The van der Waals surface area contributed by atoms with Crippen molar-refractivity contribution in [3.05, 3.63) is 64.7 Å². The molecule has 1 fully saturated rings. The molecule has 5 nitrogen and oxygen atoms in total. The first kappa shape index (κ1) is 17.8. The van der Waals surface area contributed by atoms with Crippen LogP contribution in [0.15, 0.2) is 36.4 Å². The third-order valence-corrected chi connectivity index (χ3v) is 4.46. The standard InChI is InChI=1S/C19H17F2NO4/c1-26-16-6-5-10(7-13(16)19(24)25)9-22-18(23)12-8-11(12)17-14(20)3-2-4-15(17)21/h2-7,11-12H,8-9H2,1H3,(H,22,23)(H,24,25)/t11-,12-/m0/s1. The molecule has 1 amide bonds. The van der Waals surface area contributed by atoms with E-state index in [1.165, 1.54) is 37.4 Å². The maximum Gasteiger partial charge on any atom is 0.339 e. The van der Waals surface area contributed by atoms with Gasteiger partial charge in [0.2, 0.25) is 5.91 Å². The van der Waals surface area contributed by atoms with E-state index < -0.39 is 29.4 Å². The molecule has 2 aromatic carbocycles. The van der Waals surface area contributed by atoms with Gasteiger partial charge in [-0.3, -0.25) is 4.79 Å². The van der Waals surface area contributed by atoms with Gasteiger partial charge in [-0.15, -0.1) is 0 Å². The molecule has 0 radical (unpaired) electrons. The number of halogens is 2. The van der Waals surface area contributed by atoms with Crippen molar-refractivity contribution in [2.75, 3.05) is 7.11 Å². The molecule has 0 aliphatic heterocycles. The van der Waals surface area contributed by atoms with Crippen molar-refractivity contribution in [3.8, 4) is 5.75 Å². The average Bonchev–Trinajstić information content (AvgIpc) is 3.39. The van der Waals surface area contributed by atoms with E-state index in [1.54, 1.807) is 6.07 Å². The van der Waals surface area contributed by atoms with Crippen LogP contribution in [0.1, 0.15) is 33.8 Å². The van der Waals surface area contributed by atoms with E-state index in [9.17, 15) is 23.5 Å². The molecular weight excluding hydrogens is 344 g/mol. The number of carbonyl (C=O) groups excluding carboxylic acids is 1. The summed E-state index contributed by atoms with van der Waals surface area (Å²) in [6.07, 6.45) is 0.382. The Morgan fingerprint density at radius 3 is 2.54 bits per heavy atom. The van der Waals surface area contributed by atoms with Crippen molar-refractivity contribution in [1.29, 1.82) is 0 Å². The Balaban J connectivity index is 1.64. The van der Waals surface area contributed by atoms with E-state index in [0.717, 1.165) is 0 Å². The molecule has 0 unspecified atom stereocenters. The summed E-state index contributed by atoms with van der Waals surface area (Å²) in [6, 6.07) is 8.22. The van der Waals surface area contributed by atoms with Gasteiger partial charge in [-0.2, -0.15) is 0 Å². The number of carbonyl (C=O) groups is 2. The summed E-state index contributed by atoms with van der Waals surface area (Å²) in [5.41, 5.74) is 0.535. The second-order valence-electron chi connectivity index (χ2n) is 6.14. The molecule has 1 aliphatic carbocycles. The van der Waals surface area contributed by atoms with Crippen LogP contribution in [-0.2, 0) is 11.3 Å². The van der Waals surface area contributed by atoms with Crippen molar-refractivity contribution < 1.29 is 28.2 Å². The van der Waals surface area contributed by atoms with Crippen molar-refractivity contribution in [2.24, 2.45) is 5.92 Å². The zero-order chi connectivity index (χ0) is 18.8. The van der Waals surface area contributed by atoms with E-state index in [2.05, 4.69) is 5.32 Å². The zero-order valence-corrected chi connectivity index (χ0v) is 14.0. The lowest BCUT2D eigenvalue weighted by atomic mass is 10.1. The maximum absolute atomic E-state index is 13.8. The van der Waals surface area contributed by atoms with Gasteiger partial charge in [-0.25, -0.2) is 13.6 Å². The molecule has 136 valence electrons. The van der Waals surface area contributed by atoms with Gasteiger partial charge in [0.05, 0.1) is 7.11 Å². The Bertz CT molecular complexity index is 848. The Labute approximate surface area is 148 Å². The number of carboxylic acid groups (broad SMARTS) is 1. The highest BCUT2D eigenvalue weighted by Gasteiger charge is 2.46. The molecular formula is C19H17F2NO4. The number of nitrogens with one attached hydrogen (secondary N) is 1. The van der Waals surface area contributed by atoms with Crippen LogP contribution in [0, 0.1) is 17.6 Å². The number of rotatable bonds is 6. The fraction of sp³-hybridized carbons (Fsp3) is 0.263. The topological polar surface area (TPSA) is 75.6 Å². The number of hydrogen-bond acceptors (Lipinski definition) is 3. The lowest BCUT2D eigenvalue weighted by Crippen LogP contribution is -2.25. The molecule has 26 heavy (non-hydrogen) atoms. The molecule has 0 saturated heterocycles. The summed E-state index contributed by atoms with van der Waals surface area (Å²) < 4.78 is 32.5. The van der Waals surface area contributed by atoms with E-state index >= 15 is 0 Å². The minimum absolute atomic E-state index is 0.00280. The van der Waals surface area contributed by atoms with Gasteiger partial charge < -0.3 is 15.2 Å². The van der Waals surface area contributed by atoms with Crippen LogP contribution >= 0.6 is 0 Å². The molecule has 1 aliphatic rings. The van der Waals surface area contributed by atoms with Gasteiger partial charge in [0.1, 0.15) is 22.9 Å². The van der Waals surface area contributed by atoms with Gasteiger partial charge in [0, 0.05) is 23.9 Å². The van der Waals surface area contributed by atoms with Crippen LogP contribution in [0.4, 0.5) is 8.78 Å². The molecule has 2 aromatic rings. The first-order chi connectivity index (χ1) is 12.4. The van der Waals surface area contributed by atoms with E-state index in [0.29, 0.717) is 12.0 Å². The smallest absolute Gasteiger partial charge is 0.339 e. The Morgan fingerprint density at radius 2 is 1.92 bits per heavy atom. The van der Waals surface area contributed by atoms with E-state index in [-0.39, 0.29) is 29.3 Å². The first-order valence-corrected chi connectivity index (χ1v) is 8.04. The number of carboxylic acids is 1. The molecule has 0 aromatic heterocycles. The molecule has 2 N–H and O–H groups in total. The lowest BCUT2D eigenvalue weighted by molar-refractivity contribution is -0.122. The van der Waals surface area contributed by atoms with Gasteiger partial charge in [-0.05, 0) is 36.2 Å². The highest BCUT2D eigenvalue weighted by molar-refractivity contribution is 5.91. The third-order valence-electron chi connectivity index (χ3n) is 4.46. The summed E-state index contributed by atoms with van der Waals surface area (Å²) in [4.78, 5) is 23.4. The van der Waals surface area contributed by atoms with Crippen molar-refractivity contribution >= 4 is 11.9 Å². The van der Waals surface area contributed by atoms with Crippen LogP contribution in [-0.4, -0.2) is 24.1 Å². The summed E-state index contributed by atoms with van der Waals surface area (Å²) in [6.45, 7) is 0.117. The largest absolute Gasteiger partial charge is 0.496 e. The van der Waals surface area contributed by atoms with Crippen LogP contribution in [0.3, 0.4) is 0 Å². The van der Waals surface area contributed by atoms with Gasteiger partial charge in [0.15, 0.2) is 0 Å². The van der Waals surface area contributed by atoms with Crippen LogP contribution in [0.25, 0.3) is 0 Å². The molecule has 0 bridgehead atoms. The number of aromatic carboxylic acids is 1. The van der Waals surface area contributed by atoms with Crippen molar-refractivity contribution in [3.63, 3.8) is 0 Å². The number of ether oxygens (including phenoxy) is 1. The number of hydrogen-bond donors (Lipinski definition) is 2.